The summed E-state index contributed by atoms with van der Waals surface area (Å²) in [6, 6.07) is 11.4. The summed E-state index contributed by atoms with van der Waals surface area (Å²) in [6.07, 6.45) is 1.71. The molecule has 4 N–H and O–H groups in total. The van der Waals surface area contributed by atoms with Gasteiger partial charge in [0, 0.05) is 17.8 Å². The minimum Gasteiger partial charge on any atom is -0.481 e. The lowest BCUT2D eigenvalue weighted by atomic mass is 10.1. The molecule has 1 amide bonds. The fourth-order valence-electron chi connectivity index (χ4n) is 3.71. The highest BCUT2D eigenvalue weighted by Gasteiger charge is 2.43. The highest BCUT2D eigenvalue weighted by molar-refractivity contribution is 6.30. The van der Waals surface area contributed by atoms with Gasteiger partial charge in [0.15, 0.2) is 5.82 Å². The van der Waals surface area contributed by atoms with Crippen LogP contribution in [0.5, 0.6) is 0 Å². The van der Waals surface area contributed by atoms with Crippen molar-refractivity contribution in [1.82, 2.24) is 15.0 Å². The van der Waals surface area contributed by atoms with Crippen LogP contribution in [-0.2, 0) is 16.0 Å². The molecule has 3 heterocycles. The van der Waals surface area contributed by atoms with E-state index in [0.717, 1.165) is 23.1 Å². The molecule has 3 aromatic rings. The van der Waals surface area contributed by atoms with Crippen LogP contribution < -0.4 is 10.6 Å². The van der Waals surface area contributed by atoms with Crippen molar-refractivity contribution in [3.8, 4) is 11.4 Å². The van der Waals surface area contributed by atoms with Gasteiger partial charge >= 0.3 is 5.97 Å². The first-order valence-electron chi connectivity index (χ1n) is 9.38. The van der Waals surface area contributed by atoms with Crippen LogP contribution in [0, 0.1) is 0 Å². The average Bonchev–Trinajstić information content (AvgIpc) is 3.30. The Bertz CT molecular complexity index is 1080. The molecule has 2 aromatic heterocycles. The molecule has 1 fully saturated rings. The van der Waals surface area contributed by atoms with Crippen LogP contribution in [0.1, 0.15) is 25.0 Å². The maximum Gasteiger partial charge on any atom is 0.303 e. The van der Waals surface area contributed by atoms with Crippen molar-refractivity contribution in [2.24, 2.45) is 5.73 Å². The number of aliphatic carboxylic acids is 1. The second-order valence-electron chi connectivity index (χ2n) is 7.17. The highest BCUT2D eigenvalue weighted by Crippen LogP contribution is 2.36. The molecule has 0 aliphatic carbocycles. The van der Waals surface area contributed by atoms with E-state index in [1.54, 1.807) is 0 Å². The monoisotopic (exact) mass is 406 g/mol. The Morgan fingerprint density at radius 2 is 2.03 bits per heavy atom. The number of nitrogens with one attached hydrogen (secondary N) is 1. The first kappa shape index (κ1) is 19.1. The van der Waals surface area contributed by atoms with Crippen LogP contribution in [0.3, 0.4) is 0 Å². The molecular formula is C20H20N5O3Si. The second-order valence-corrected chi connectivity index (χ2v) is 7.99. The Morgan fingerprint density at radius 1 is 1.28 bits per heavy atom. The van der Waals surface area contributed by atoms with Crippen LogP contribution in [0.15, 0.2) is 36.4 Å². The second kappa shape index (κ2) is 7.32. The van der Waals surface area contributed by atoms with Crippen LogP contribution in [0.2, 0.25) is 0 Å². The lowest BCUT2D eigenvalue weighted by Crippen LogP contribution is -2.55. The molecule has 9 heteroatoms. The predicted octanol–water partition coefficient (Wildman–Crippen LogP) is 1.59. The van der Waals surface area contributed by atoms with Crippen molar-refractivity contribution in [2.75, 3.05) is 11.4 Å². The third-order valence-electron chi connectivity index (χ3n) is 5.21. The quantitative estimate of drug-likeness (QED) is 0.534. The number of anilines is 1. The van der Waals surface area contributed by atoms with Gasteiger partial charge < -0.3 is 20.7 Å². The molecule has 4 rings (SSSR count). The third-order valence-corrected chi connectivity index (χ3v) is 5.97. The topological polar surface area (TPSA) is 125 Å². The molecule has 1 aliphatic heterocycles. The summed E-state index contributed by atoms with van der Waals surface area (Å²) in [5.74, 6) is -0.225. The van der Waals surface area contributed by atoms with E-state index in [-0.39, 0.29) is 6.42 Å². The van der Waals surface area contributed by atoms with Crippen LogP contribution in [0.25, 0.3) is 22.4 Å². The molecule has 0 saturated carbocycles. The van der Waals surface area contributed by atoms with Crippen molar-refractivity contribution >= 4 is 39.0 Å². The molecule has 8 nitrogen and oxygen atoms in total. The smallest absolute Gasteiger partial charge is 0.303 e. The van der Waals surface area contributed by atoms with Crippen molar-refractivity contribution < 1.29 is 14.7 Å². The van der Waals surface area contributed by atoms with Gasteiger partial charge in [-0.2, -0.15) is 0 Å². The molecular weight excluding hydrogens is 386 g/mol. The Kier molecular flexibility index (Phi) is 4.83. The molecule has 147 valence electrons. The van der Waals surface area contributed by atoms with E-state index in [2.05, 4.69) is 20.2 Å². The van der Waals surface area contributed by atoms with E-state index in [0.29, 0.717) is 36.7 Å². The first-order chi connectivity index (χ1) is 13.9. The Hall–Kier alpha value is -3.20. The predicted molar refractivity (Wildman–Crippen MR) is 110 cm³/mol. The maximum absolute atomic E-state index is 12.2. The zero-order chi connectivity index (χ0) is 20.6. The lowest BCUT2D eigenvalue weighted by Gasteiger charge is -2.33. The van der Waals surface area contributed by atoms with Gasteiger partial charge in [-0.3, -0.25) is 9.59 Å². The van der Waals surface area contributed by atoms with E-state index in [4.69, 9.17) is 15.8 Å². The largest absolute Gasteiger partial charge is 0.481 e. The molecule has 0 spiro atoms. The lowest BCUT2D eigenvalue weighted by molar-refractivity contribution is -0.137. The van der Waals surface area contributed by atoms with Crippen LogP contribution >= 0.6 is 0 Å². The number of benzene rings is 1. The van der Waals surface area contributed by atoms with Gasteiger partial charge in [-0.25, -0.2) is 9.97 Å². The van der Waals surface area contributed by atoms with E-state index in [1.807, 2.05) is 41.3 Å². The van der Waals surface area contributed by atoms with Crippen molar-refractivity contribution in [3.63, 3.8) is 0 Å². The Morgan fingerprint density at radius 3 is 2.72 bits per heavy atom. The number of aryl methyl sites for hydroxylation is 1. The summed E-state index contributed by atoms with van der Waals surface area (Å²) < 4.78 is 0. The number of primary amides is 1. The van der Waals surface area contributed by atoms with Crippen molar-refractivity contribution in [1.29, 1.82) is 0 Å². The normalized spacial score (nSPS) is 19.0. The number of fused-ring (bicyclic) bond motifs is 1. The van der Waals surface area contributed by atoms with E-state index < -0.39 is 17.0 Å². The van der Waals surface area contributed by atoms with E-state index in [9.17, 15) is 9.59 Å². The summed E-state index contributed by atoms with van der Waals surface area (Å²) in [5, 5.41) is 8.70. The fraction of sp³-hybridized carbons (Fsp3) is 0.300. The molecule has 0 bridgehead atoms. The number of nitrogens with zero attached hydrogens (tertiary/aromatic N) is 3. The van der Waals surface area contributed by atoms with Crippen molar-refractivity contribution in [3.05, 3.63) is 42.1 Å². The number of carboxylic acids is 1. The average molecular weight is 406 g/mol. The summed E-state index contributed by atoms with van der Waals surface area (Å²) >= 11 is 0. The van der Waals surface area contributed by atoms with Gasteiger partial charge in [0.1, 0.15) is 16.6 Å². The van der Waals surface area contributed by atoms with Crippen LogP contribution in [-0.4, -0.2) is 53.9 Å². The SMILES string of the molecule is NC(=O)[C@]1([Si])CCCN1c1nc(-c2ccccc2)nc2[nH]c(CCC(=O)O)cc12. The number of amides is 1. The summed E-state index contributed by atoms with van der Waals surface area (Å²) in [4.78, 5) is 37.7. The zero-order valence-electron chi connectivity index (χ0n) is 15.7. The minimum atomic E-state index is -1.02. The van der Waals surface area contributed by atoms with Gasteiger partial charge in [0.25, 0.3) is 0 Å². The number of carbonyl (C=O) groups is 2. The fourth-order valence-corrected chi connectivity index (χ4v) is 4.10. The molecule has 3 radical (unpaired) electrons. The molecule has 0 unspecified atom stereocenters. The Labute approximate surface area is 170 Å². The number of hydrogen-bond acceptors (Lipinski definition) is 5. The maximum atomic E-state index is 12.2. The number of H-pyrrole nitrogens is 1. The zero-order valence-corrected chi connectivity index (χ0v) is 16.7. The van der Waals surface area contributed by atoms with E-state index >= 15 is 0 Å². The number of rotatable bonds is 6. The molecule has 29 heavy (non-hydrogen) atoms. The third kappa shape index (κ3) is 3.49. The minimum absolute atomic E-state index is 0.00810. The summed E-state index contributed by atoms with van der Waals surface area (Å²) in [5.41, 5.74) is 7.88. The molecule has 1 aliphatic rings. The van der Waals surface area contributed by atoms with Gasteiger partial charge in [0.2, 0.25) is 5.91 Å². The summed E-state index contributed by atoms with van der Waals surface area (Å²) in [7, 11) is 3.60. The van der Waals surface area contributed by atoms with Crippen LogP contribution in [0.4, 0.5) is 5.82 Å². The molecule has 1 aromatic carbocycles. The summed E-state index contributed by atoms with van der Waals surface area (Å²) in [6.45, 7) is 0.614. The van der Waals surface area contributed by atoms with Gasteiger partial charge in [0.05, 0.1) is 22.0 Å². The van der Waals surface area contributed by atoms with Gasteiger partial charge in [-0.15, -0.1) is 0 Å². The van der Waals surface area contributed by atoms with Gasteiger partial charge in [-0.1, -0.05) is 30.3 Å². The standard InChI is InChI=1S/C20H20N5O3Si/c21-19(28)20(29)9-4-10-25(20)18-14-11-13(7-8-15(26)27)22-17(14)23-16(24-18)12-5-2-1-3-6-12/h1-3,5-6,11H,4,7-10H2,(H2,21,28)(H,26,27)(H,22,23,24)/t20-/m1/s1. The Balaban J connectivity index is 1.88. The number of carbonyl (C=O) groups excluding carboxylic acids is 1. The number of carboxylic acid groups (broad SMARTS) is 1. The number of aromatic nitrogens is 3. The first-order valence-corrected chi connectivity index (χ1v) is 9.88. The van der Waals surface area contributed by atoms with E-state index in [1.165, 1.54) is 0 Å². The highest BCUT2D eigenvalue weighted by atomic mass is 28.1. The molecule has 1 atom stereocenters. The number of nitrogens with two attached hydrogens (primary N) is 1. The number of hydrogen-bond donors (Lipinski definition) is 3. The molecule has 1 saturated heterocycles. The van der Waals surface area contributed by atoms with Gasteiger partial charge in [-0.05, 0) is 25.3 Å². The number of aromatic amines is 1. The van der Waals surface area contributed by atoms with Crippen molar-refractivity contribution in [2.45, 2.75) is 30.8 Å².